The number of nitrogens with zero attached hydrogens (tertiary/aromatic N) is 4. The van der Waals surface area contributed by atoms with Crippen molar-refractivity contribution >= 4 is 34.5 Å². The minimum atomic E-state index is -4.62. The van der Waals surface area contributed by atoms with E-state index in [1.54, 1.807) is 0 Å². The summed E-state index contributed by atoms with van der Waals surface area (Å²) in [5.41, 5.74) is -0.660. The molecule has 0 aliphatic heterocycles. The molecule has 10 nitrogen and oxygen atoms in total. The van der Waals surface area contributed by atoms with Crippen molar-refractivity contribution in [1.82, 2.24) is 24.9 Å². The number of pyridine rings is 1. The summed E-state index contributed by atoms with van der Waals surface area (Å²) in [7, 11) is 1.16. The van der Waals surface area contributed by atoms with E-state index in [9.17, 15) is 27.2 Å². The van der Waals surface area contributed by atoms with E-state index >= 15 is 0 Å². The number of nitrogens with one attached hydrogen (secondary N) is 3. The fourth-order valence-corrected chi connectivity index (χ4v) is 3.40. The molecule has 35 heavy (non-hydrogen) atoms. The lowest BCUT2D eigenvalue weighted by Crippen LogP contribution is -2.21. The fourth-order valence-electron chi connectivity index (χ4n) is 3.40. The number of methoxy groups -OCH3 is 1. The maximum absolute atomic E-state index is 13.4. The van der Waals surface area contributed by atoms with Crippen LogP contribution in [0, 0.1) is 5.92 Å². The van der Waals surface area contributed by atoms with Crippen LogP contribution in [0.2, 0.25) is 0 Å². The van der Waals surface area contributed by atoms with E-state index in [1.165, 1.54) is 12.3 Å². The van der Waals surface area contributed by atoms with Crippen molar-refractivity contribution in [2.75, 3.05) is 24.7 Å². The molecule has 1 fully saturated rings. The smallest absolute Gasteiger partial charge is 0.397 e. The third kappa shape index (κ3) is 4.68. The van der Waals surface area contributed by atoms with Crippen molar-refractivity contribution in [2.24, 2.45) is 5.92 Å². The van der Waals surface area contributed by atoms with Gasteiger partial charge in [-0.05, 0) is 13.3 Å². The number of amides is 2. The number of alkyl halides is 4. The van der Waals surface area contributed by atoms with Crippen molar-refractivity contribution in [2.45, 2.75) is 31.6 Å². The molecule has 14 heteroatoms. The van der Waals surface area contributed by atoms with Crippen molar-refractivity contribution in [3.8, 4) is 5.75 Å². The number of carbonyl (C=O) groups excluding carboxylic acids is 2. The van der Waals surface area contributed by atoms with E-state index in [1.807, 2.05) is 5.32 Å². The molecule has 186 valence electrons. The summed E-state index contributed by atoms with van der Waals surface area (Å²) in [4.78, 5) is 32.6. The second-order valence-corrected chi connectivity index (χ2v) is 7.82. The first-order valence-electron chi connectivity index (χ1n) is 11.7. The molecule has 0 aromatic carbocycles. The van der Waals surface area contributed by atoms with Gasteiger partial charge < -0.3 is 20.7 Å². The van der Waals surface area contributed by atoms with Gasteiger partial charge in [-0.1, -0.05) is 0 Å². The lowest BCUT2D eigenvalue weighted by molar-refractivity contribution is -0.147. The van der Waals surface area contributed by atoms with E-state index in [0.29, 0.717) is 0 Å². The highest BCUT2D eigenvalue weighted by atomic mass is 19.4. The normalized spacial score (nSPS) is 19.8. The highest BCUT2D eigenvalue weighted by molar-refractivity contribution is 6.02. The predicted octanol–water partition coefficient (Wildman–Crippen LogP) is 3.20. The summed E-state index contributed by atoms with van der Waals surface area (Å²) in [6, 6.07) is 1.19. The van der Waals surface area contributed by atoms with E-state index < -0.39 is 48.7 Å². The van der Waals surface area contributed by atoms with Gasteiger partial charge in [0.1, 0.15) is 23.8 Å². The maximum atomic E-state index is 13.4. The number of fused-ring (bicyclic) bond motifs is 1. The number of hydrogen-bond donors (Lipinski definition) is 3. The van der Waals surface area contributed by atoms with Crippen LogP contribution in [0.1, 0.15) is 39.4 Å². The molecule has 3 N–H and O–H groups in total. The van der Waals surface area contributed by atoms with Gasteiger partial charge in [-0.25, -0.2) is 18.9 Å². The van der Waals surface area contributed by atoms with Gasteiger partial charge in [0, 0.05) is 23.4 Å². The van der Waals surface area contributed by atoms with Crippen LogP contribution in [0.15, 0.2) is 24.8 Å². The quantitative estimate of drug-likeness (QED) is 0.428. The number of halogens is 4. The second-order valence-electron chi connectivity index (χ2n) is 7.82. The van der Waals surface area contributed by atoms with Crippen molar-refractivity contribution in [1.29, 1.82) is 0 Å². The summed E-state index contributed by atoms with van der Waals surface area (Å²) in [5.74, 6) is -4.84. The Morgan fingerprint density at radius 3 is 2.66 bits per heavy atom. The molecule has 1 aliphatic carbocycles. The Balaban J connectivity index is 1.77. The zero-order valence-electron chi connectivity index (χ0n) is 21.3. The minimum absolute atomic E-state index is 0.0384. The summed E-state index contributed by atoms with van der Waals surface area (Å²) < 4.78 is 81.9. The third-order valence-corrected chi connectivity index (χ3v) is 5.49. The molecule has 3 aromatic rings. The molecule has 4 rings (SSSR count). The number of anilines is 3. The summed E-state index contributed by atoms with van der Waals surface area (Å²) in [6.45, 7) is -1.92. The molecule has 0 saturated heterocycles. The molecule has 3 aromatic heterocycles. The highest BCUT2D eigenvalue weighted by Crippen LogP contribution is 2.41. The molecule has 3 heterocycles. The van der Waals surface area contributed by atoms with Gasteiger partial charge in [0.15, 0.2) is 5.75 Å². The lowest BCUT2D eigenvalue weighted by atomic mass is 10.1. The average molecular weight is 498 g/mol. The van der Waals surface area contributed by atoms with Gasteiger partial charge >= 0.3 is 6.18 Å². The zero-order valence-corrected chi connectivity index (χ0v) is 18.3. The average Bonchev–Trinajstić information content (AvgIpc) is 3.42. The standard InChI is InChI=1S/C21H21F4N7O3/c1-9(21(23,24)25)16-18(35-3)17-14(7-29-32(17)8-28-16)30-13-5-15(27-6-11(13)19(33)26-2)31-20(34)10-4-12(10)22/h5-10,12H,4H2,1-3H3,(H,26,33)(H2,27,30,31,34)/t9?,10-,12+/m1/s1/i2D3. The van der Waals surface area contributed by atoms with Crippen LogP contribution in [0.25, 0.3) is 5.52 Å². The van der Waals surface area contributed by atoms with E-state index in [4.69, 9.17) is 8.85 Å². The van der Waals surface area contributed by atoms with Gasteiger partial charge in [-0.15, -0.1) is 0 Å². The van der Waals surface area contributed by atoms with Crippen molar-refractivity contribution < 1.29 is 36.0 Å². The first kappa shape index (κ1) is 20.4. The maximum Gasteiger partial charge on any atom is 0.397 e. The monoisotopic (exact) mass is 498 g/mol. The van der Waals surface area contributed by atoms with Crippen molar-refractivity contribution in [3.05, 3.63) is 36.0 Å². The Morgan fingerprint density at radius 2 is 2.03 bits per heavy atom. The zero-order chi connectivity index (χ0) is 28.0. The van der Waals surface area contributed by atoms with Gasteiger partial charge in [-0.2, -0.15) is 18.3 Å². The molecule has 2 amide bonds. The third-order valence-electron chi connectivity index (χ3n) is 5.49. The van der Waals surface area contributed by atoms with Gasteiger partial charge in [0.05, 0.1) is 47.8 Å². The topological polar surface area (TPSA) is 123 Å². The largest absolute Gasteiger partial charge is 0.492 e. The van der Waals surface area contributed by atoms with Crippen LogP contribution >= 0.6 is 0 Å². The van der Waals surface area contributed by atoms with Gasteiger partial charge in [-0.3, -0.25) is 9.59 Å². The Kier molecular flexibility index (Phi) is 5.25. The molecule has 0 radical (unpaired) electrons. The Labute approximate surface area is 200 Å². The first-order valence-corrected chi connectivity index (χ1v) is 10.2. The molecule has 0 bridgehead atoms. The number of ether oxygens (including phenoxy) is 1. The highest BCUT2D eigenvalue weighted by Gasteiger charge is 2.44. The predicted molar refractivity (Wildman–Crippen MR) is 117 cm³/mol. The van der Waals surface area contributed by atoms with Crippen LogP contribution < -0.4 is 20.7 Å². The van der Waals surface area contributed by atoms with E-state index in [2.05, 4.69) is 25.7 Å². The number of rotatable bonds is 7. The van der Waals surface area contributed by atoms with Crippen LogP contribution in [0.5, 0.6) is 5.75 Å². The summed E-state index contributed by atoms with van der Waals surface area (Å²) in [6.07, 6.45) is -2.56. The minimum Gasteiger partial charge on any atom is -0.492 e. The SMILES string of the molecule is [2H]C([2H])([2H])NC(=O)c1cnc(NC(=O)[C@@H]2C[C@@H]2F)cc1Nc1cnn2cnc(C(C)C(F)(F)F)c(OC)c12. The fraction of sp³-hybridized carbons (Fsp3) is 0.381. The van der Waals surface area contributed by atoms with Crippen molar-refractivity contribution in [3.63, 3.8) is 0 Å². The summed E-state index contributed by atoms with van der Waals surface area (Å²) >= 11 is 0. The Bertz CT molecular complexity index is 1400. The molecule has 1 aliphatic rings. The number of hydrogen-bond acceptors (Lipinski definition) is 7. The van der Waals surface area contributed by atoms with Crippen LogP contribution in [-0.4, -0.2) is 57.8 Å². The van der Waals surface area contributed by atoms with Crippen LogP contribution in [0.4, 0.5) is 34.8 Å². The molecular weight excluding hydrogens is 474 g/mol. The number of carbonyl (C=O) groups is 2. The molecule has 3 atom stereocenters. The van der Waals surface area contributed by atoms with Crippen LogP contribution in [0.3, 0.4) is 0 Å². The lowest BCUT2D eigenvalue weighted by Gasteiger charge is -2.19. The van der Waals surface area contributed by atoms with Gasteiger partial charge in [0.25, 0.3) is 5.91 Å². The molecule has 0 spiro atoms. The second kappa shape index (κ2) is 9.00. The molecule has 1 saturated carbocycles. The number of aromatic nitrogens is 4. The molecule has 1 unspecified atom stereocenters. The Morgan fingerprint density at radius 1 is 1.29 bits per heavy atom. The first-order chi connectivity index (χ1) is 17.7. The summed E-state index contributed by atoms with van der Waals surface area (Å²) in [5, 5.41) is 11.1. The van der Waals surface area contributed by atoms with Gasteiger partial charge in [0.2, 0.25) is 5.91 Å². The van der Waals surface area contributed by atoms with E-state index in [-0.39, 0.29) is 40.4 Å². The van der Waals surface area contributed by atoms with E-state index in [0.717, 1.165) is 31.1 Å². The molecular formula is C21H21F4N7O3. The van der Waals surface area contributed by atoms with Crippen LogP contribution in [-0.2, 0) is 4.79 Å². The Hall–Kier alpha value is -3.97.